The van der Waals surface area contributed by atoms with Crippen molar-refractivity contribution in [2.24, 2.45) is 0 Å². The van der Waals surface area contributed by atoms with E-state index in [-0.39, 0.29) is 11.2 Å². The van der Waals surface area contributed by atoms with Crippen LogP contribution in [0.25, 0.3) is 0 Å². The Morgan fingerprint density at radius 1 is 1.15 bits per heavy atom. The van der Waals surface area contributed by atoms with E-state index < -0.39 is 48.1 Å². The monoisotopic (exact) mass is 387 g/mol. The summed E-state index contributed by atoms with van der Waals surface area (Å²) < 4.78 is 22.0. The highest BCUT2D eigenvalue weighted by atomic mass is 32.1. The molecule has 1 aromatic heterocycles. The van der Waals surface area contributed by atoms with Gasteiger partial charge in [0, 0.05) is 20.8 Å². The molecule has 1 saturated heterocycles. The normalized spacial score (nSPS) is 25.2. The van der Waals surface area contributed by atoms with Crippen molar-refractivity contribution in [3.63, 3.8) is 0 Å². The highest BCUT2D eigenvalue weighted by molar-refractivity contribution is 7.71. The van der Waals surface area contributed by atoms with Gasteiger partial charge in [-0.2, -0.15) is 9.78 Å². The zero-order valence-corrected chi connectivity index (χ0v) is 15.0. The molecule has 1 aliphatic heterocycles. The van der Waals surface area contributed by atoms with Gasteiger partial charge in [-0.05, 0) is 0 Å². The first-order valence-corrected chi connectivity index (χ1v) is 7.91. The Morgan fingerprint density at radius 3 is 2.27 bits per heavy atom. The zero-order valence-electron chi connectivity index (χ0n) is 14.2. The molecule has 0 spiro atoms. The summed E-state index contributed by atoms with van der Waals surface area (Å²) in [6.07, 6.45) is -3.55. The number of hydrogen-bond acceptors (Lipinski definition) is 10. The molecule has 0 aliphatic carbocycles. The molecule has 11 nitrogen and oxygen atoms in total. The molecule has 0 bridgehead atoms. The second kappa shape index (κ2) is 8.19. The lowest BCUT2D eigenvalue weighted by atomic mass is 10.0. The van der Waals surface area contributed by atoms with Gasteiger partial charge in [-0.15, -0.1) is 0 Å². The summed E-state index contributed by atoms with van der Waals surface area (Å²) >= 11 is 4.82. The van der Waals surface area contributed by atoms with Gasteiger partial charge in [-0.3, -0.25) is 19.4 Å². The van der Waals surface area contributed by atoms with Gasteiger partial charge in [-0.1, -0.05) is 12.2 Å². The number of ether oxygens (including phenoxy) is 4. The molecule has 1 N–H and O–H groups in total. The molecule has 1 aromatic rings. The van der Waals surface area contributed by atoms with Crippen molar-refractivity contribution in [3.8, 4) is 0 Å². The average molecular weight is 387 g/mol. The predicted molar refractivity (Wildman–Crippen MR) is 85.3 cm³/mol. The van der Waals surface area contributed by atoms with Crippen LogP contribution < -0.4 is 5.69 Å². The summed E-state index contributed by atoms with van der Waals surface area (Å²) in [5.74, 6) is -2.06. The molecule has 0 amide bonds. The molecule has 4 atom stereocenters. The molecule has 142 valence electrons. The van der Waals surface area contributed by atoms with E-state index in [1.165, 1.54) is 13.1 Å². The quantitative estimate of drug-likeness (QED) is 0.413. The third-order valence-electron chi connectivity index (χ3n) is 3.30. The second-order valence-electron chi connectivity index (χ2n) is 5.40. The molecule has 0 saturated carbocycles. The lowest BCUT2D eigenvalue weighted by Gasteiger charge is -2.40. The third-order valence-corrected chi connectivity index (χ3v) is 3.51. The fraction of sp³-hybridized carbons (Fsp3) is 0.571. The predicted octanol–water partition coefficient (Wildman–Crippen LogP) is -0.375. The first-order chi connectivity index (χ1) is 12.2. The smallest absolute Gasteiger partial charge is 0.345 e. The van der Waals surface area contributed by atoms with Crippen LogP contribution in [-0.2, 0) is 33.3 Å². The number of H-pyrrole nitrogens is 1. The van der Waals surface area contributed by atoms with Crippen molar-refractivity contribution in [3.05, 3.63) is 21.3 Å². The van der Waals surface area contributed by atoms with Crippen LogP contribution in [0.1, 0.15) is 27.0 Å². The van der Waals surface area contributed by atoms with Crippen molar-refractivity contribution in [1.82, 2.24) is 14.8 Å². The standard InChI is InChI=1S/C14H17N3O8S/c1-6(18)23-9-5-22-13(17-14(21)16-10(26)4-15-17)12(25-8(3)20)11(9)24-7(2)19/h4,9,11-13H,5H2,1-3H3,(H,16,21,26)/t9-,11+,12+,13+/m1/s1. The van der Waals surface area contributed by atoms with E-state index in [1.54, 1.807) is 0 Å². The van der Waals surface area contributed by atoms with E-state index in [0.29, 0.717) is 0 Å². The Kier molecular flexibility index (Phi) is 6.21. The number of carbonyl (C=O) groups excluding carboxylic acids is 3. The highest BCUT2D eigenvalue weighted by Crippen LogP contribution is 2.29. The summed E-state index contributed by atoms with van der Waals surface area (Å²) in [5, 5.41) is 3.86. The average Bonchev–Trinajstić information content (AvgIpc) is 2.50. The van der Waals surface area contributed by atoms with Gasteiger partial charge in [0.25, 0.3) is 0 Å². The molecule has 0 radical (unpaired) electrons. The maximum absolute atomic E-state index is 12.1. The molecular formula is C14H17N3O8S. The summed E-state index contributed by atoms with van der Waals surface area (Å²) in [4.78, 5) is 48.8. The first kappa shape index (κ1) is 19.7. The Balaban J connectivity index is 2.46. The number of nitrogens with one attached hydrogen (secondary N) is 1. The second-order valence-corrected chi connectivity index (χ2v) is 5.84. The molecular weight excluding hydrogens is 370 g/mol. The van der Waals surface area contributed by atoms with Crippen LogP contribution >= 0.6 is 12.2 Å². The van der Waals surface area contributed by atoms with Crippen LogP contribution in [0.5, 0.6) is 0 Å². The van der Waals surface area contributed by atoms with Gasteiger partial charge in [0.15, 0.2) is 24.5 Å². The Hall–Kier alpha value is -2.60. The molecule has 26 heavy (non-hydrogen) atoms. The fourth-order valence-electron chi connectivity index (χ4n) is 2.48. The summed E-state index contributed by atoms with van der Waals surface area (Å²) in [6, 6.07) is 0. The summed E-state index contributed by atoms with van der Waals surface area (Å²) in [6.45, 7) is 3.22. The minimum Gasteiger partial charge on any atom is -0.456 e. The van der Waals surface area contributed by atoms with Crippen molar-refractivity contribution in [2.75, 3.05) is 6.61 Å². The van der Waals surface area contributed by atoms with E-state index in [1.807, 2.05) is 0 Å². The fourth-order valence-corrected chi connectivity index (χ4v) is 2.61. The number of aromatic nitrogens is 3. The Morgan fingerprint density at radius 2 is 1.73 bits per heavy atom. The summed E-state index contributed by atoms with van der Waals surface area (Å²) in [7, 11) is 0. The van der Waals surface area contributed by atoms with E-state index in [4.69, 9.17) is 31.2 Å². The van der Waals surface area contributed by atoms with E-state index >= 15 is 0 Å². The van der Waals surface area contributed by atoms with Gasteiger partial charge in [0.2, 0.25) is 0 Å². The van der Waals surface area contributed by atoms with Crippen LogP contribution in [-0.4, -0.2) is 57.6 Å². The van der Waals surface area contributed by atoms with E-state index in [2.05, 4.69) is 10.1 Å². The van der Waals surface area contributed by atoms with E-state index in [9.17, 15) is 19.2 Å². The molecule has 2 heterocycles. The zero-order chi connectivity index (χ0) is 19.4. The van der Waals surface area contributed by atoms with Gasteiger partial charge in [-0.25, -0.2) is 4.79 Å². The van der Waals surface area contributed by atoms with Gasteiger partial charge < -0.3 is 18.9 Å². The number of rotatable bonds is 4. The largest absolute Gasteiger partial charge is 0.456 e. The topological polar surface area (TPSA) is 139 Å². The maximum Gasteiger partial charge on any atom is 0.345 e. The number of nitrogens with zero attached hydrogens (tertiary/aromatic N) is 2. The first-order valence-electron chi connectivity index (χ1n) is 7.50. The van der Waals surface area contributed by atoms with Crippen LogP contribution in [0.3, 0.4) is 0 Å². The lowest BCUT2D eigenvalue weighted by Crippen LogP contribution is -2.57. The minimum atomic E-state index is -1.29. The van der Waals surface area contributed by atoms with Gasteiger partial charge in [0.1, 0.15) is 4.64 Å². The van der Waals surface area contributed by atoms with Crippen LogP contribution in [0.4, 0.5) is 0 Å². The molecule has 0 unspecified atom stereocenters. The van der Waals surface area contributed by atoms with Crippen LogP contribution in [0.15, 0.2) is 11.0 Å². The molecule has 1 aliphatic rings. The molecule has 1 fully saturated rings. The maximum atomic E-state index is 12.1. The SMILES string of the molecule is CC(=O)O[C@@H]1[C@H](OC(C)=O)[C@@H](n2ncc(=S)[nH]c2=O)OC[C@H]1OC(C)=O. The summed E-state index contributed by atoms with van der Waals surface area (Å²) in [5.41, 5.74) is -0.716. The molecule has 0 aromatic carbocycles. The molecule has 2 rings (SSSR count). The van der Waals surface area contributed by atoms with Crippen LogP contribution in [0, 0.1) is 4.64 Å². The van der Waals surface area contributed by atoms with Crippen molar-refractivity contribution in [1.29, 1.82) is 0 Å². The van der Waals surface area contributed by atoms with Crippen molar-refractivity contribution in [2.45, 2.75) is 45.3 Å². The highest BCUT2D eigenvalue weighted by Gasteiger charge is 2.48. The number of aromatic amines is 1. The minimum absolute atomic E-state index is 0.0976. The van der Waals surface area contributed by atoms with E-state index in [0.717, 1.165) is 18.5 Å². The Labute approximate surface area is 152 Å². The number of hydrogen-bond donors (Lipinski definition) is 1. The van der Waals surface area contributed by atoms with Crippen molar-refractivity contribution >= 4 is 30.1 Å². The van der Waals surface area contributed by atoms with Gasteiger partial charge >= 0.3 is 23.6 Å². The van der Waals surface area contributed by atoms with Crippen LogP contribution in [0.2, 0.25) is 0 Å². The van der Waals surface area contributed by atoms with Gasteiger partial charge in [0.05, 0.1) is 12.8 Å². The number of esters is 3. The third kappa shape index (κ3) is 4.73. The molecule has 12 heteroatoms. The van der Waals surface area contributed by atoms with Crippen molar-refractivity contribution < 1.29 is 33.3 Å². The Bertz CT molecular complexity index is 819. The lowest BCUT2D eigenvalue weighted by molar-refractivity contribution is -0.242. The number of carbonyl (C=O) groups is 3.